The highest BCUT2D eigenvalue weighted by molar-refractivity contribution is 5.90. The van der Waals surface area contributed by atoms with E-state index in [4.69, 9.17) is 9.47 Å². The Morgan fingerprint density at radius 1 is 1.23 bits per heavy atom. The van der Waals surface area contributed by atoms with E-state index in [1.165, 1.54) is 12.8 Å². The van der Waals surface area contributed by atoms with E-state index in [0.29, 0.717) is 25.9 Å². The molecule has 3 aliphatic rings. The maximum absolute atomic E-state index is 13.2. The largest absolute Gasteiger partial charge is 0.496 e. The zero-order valence-electron chi connectivity index (χ0n) is 18.6. The second kappa shape index (κ2) is 10.0. The standard InChI is InChI=1S/C24H35N3O4/c1-30-21-7-3-2-6-19(21)16-27-20(8-9-22(27)28)23(29)25-17-24(10-14-31-15-11-24)18-26-12-4-5-13-26/h2-3,6-7,20H,4-5,8-18H2,1H3,(H,25,29). The molecule has 0 aliphatic carbocycles. The van der Waals surface area contributed by atoms with Gasteiger partial charge in [-0.05, 0) is 51.3 Å². The summed E-state index contributed by atoms with van der Waals surface area (Å²) in [5, 5.41) is 3.23. The van der Waals surface area contributed by atoms with E-state index in [1.54, 1.807) is 12.0 Å². The molecule has 3 aliphatic heterocycles. The molecule has 0 spiro atoms. The monoisotopic (exact) mass is 429 g/mol. The second-order valence-electron chi connectivity index (χ2n) is 9.20. The molecule has 31 heavy (non-hydrogen) atoms. The lowest BCUT2D eigenvalue weighted by atomic mass is 9.79. The summed E-state index contributed by atoms with van der Waals surface area (Å²) in [6, 6.07) is 7.26. The summed E-state index contributed by atoms with van der Waals surface area (Å²) in [4.78, 5) is 30.0. The number of hydrogen-bond acceptors (Lipinski definition) is 5. The number of benzene rings is 1. The van der Waals surface area contributed by atoms with Crippen LogP contribution in [0.15, 0.2) is 24.3 Å². The second-order valence-corrected chi connectivity index (χ2v) is 9.20. The average Bonchev–Trinajstić information content (AvgIpc) is 3.43. The summed E-state index contributed by atoms with van der Waals surface area (Å²) in [6.45, 7) is 5.88. The zero-order chi connectivity index (χ0) is 21.7. The van der Waals surface area contributed by atoms with E-state index in [1.807, 2.05) is 24.3 Å². The number of rotatable bonds is 8. The van der Waals surface area contributed by atoms with Crippen LogP contribution in [-0.2, 0) is 20.9 Å². The zero-order valence-corrected chi connectivity index (χ0v) is 18.6. The number of carbonyl (C=O) groups is 2. The molecule has 0 saturated carbocycles. The molecule has 170 valence electrons. The summed E-state index contributed by atoms with van der Waals surface area (Å²) >= 11 is 0. The van der Waals surface area contributed by atoms with E-state index in [2.05, 4.69) is 10.2 Å². The van der Waals surface area contributed by atoms with Crippen molar-refractivity contribution in [1.82, 2.24) is 15.1 Å². The first kappa shape index (κ1) is 22.1. The summed E-state index contributed by atoms with van der Waals surface area (Å²) in [5.74, 6) is 0.741. The van der Waals surface area contributed by atoms with Crippen molar-refractivity contribution >= 4 is 11.8 Å². The molecule has 1 N–H and O–H groups in total. The van der Waals surface area contributed by atoms with Crippen LogP contribution in [0.1, 0.15) is 44.1 Å². The third-order valence-electron chi connectivity index (χ3n) is 7.11. The van der Waals surface area contributed by atoms with Crippen LogP contribution in [-0.4, -0.2) is 74.2 Å². The van der Waals surface area contributed by atoms with E-state index in [-0.39, 0.29) is 17.2 Å². The minimum absolute atomic E-state index is 0.0314. The summed E-state index contributed by atoms with van der Waals surface area (Å²) in [6.07, 6.45) is 5.46. The molecule has 1 atom stereocenters. The van der Waals surface area contributed by atoms with Gasteiger partial charge in [0, 0.05) is 43.7 Å². The maximum Gasteiger partial charge on any atom is 0.242 e. The highest BCUT2D eigenvalue weighted by Gasteiger charge is 2.39. The quantitative estimate of drug-likeness (QED) is 0.686. The van der Waals surface area contributed by atoms with Crippen molar-refractivity contribution in [2.75, 3.05) is 46.5 Å². The Balaban J connectivity index is 1.40. The van der Waals surface area contributed by atoms with Gasteiger partial charge >= 0.3 is 0 Å². The molecule has 4 rings (SSSR count). The van der Waals surface area contributed by atoms with Crippen LogP contribution in [0.25, 0.3) is 0 Å². The molecular weight excluding hydrogens is 394 g/mol. The van der Waals surface area contributed by atoms with Gasteiger partial charge in [0.1, 0.15) is 11.8 Å². The van der Waals surface area contributed by atoms with Crippen molar-refractivity contribution in [1.29, 1.82) is 0 Å². The van der Waals surface area contributed by atoms with E-state index >= 15 is 0 Å². The summed E-state index contributed by atoms with van der Waals surface area (Å²) < 4.78 is 11.1. The summed E-state index contributed by atoms with van der Waals surface area (Å²) in [5.41, 5.74) is 0.988. The Labute approximate surface area is 185 Å². The van der Waals surface area contributed by atoms with Gasteiger partial charge in [-0.1, -0.05) is 18.2 Å². The van der Waals surface area contributed by atoms with Gasteiger partial charge in [-0.15, -0.1) is 0 Å². The lowest BCUT2D eigenvalue weighted by molar-refractivity contribution is -0.136. The van der Waals surface area contributed by atoms with Crippen molar-refractivity contribution in [3.8, 4) is 5.75 Å². The number of para-hydroxylation sites is 1. The minimum Gasteiger partial charge on any atom is -0.496 e. The lowest BCUT2D eigenvalue weighted by Crippen LogP contribution is -2.51. The number of likely N-dealkylation sites (tertiary alicyclic amines) is 2. The highest BCUT2D eigenvalue weighted by Crippen LogP contribution is 2.33. The summed E-state index contributed by atoms with van der Waals surface area (Å²) in [7, 11) is 1.63. The van der Waals surface area contributed by atoms with Crippen molar-refractivity contribution in [3.05, 3.63) is 29.8 Å². The number of ether oxygens (including phenoxy) is 2. The smallest absolute Gasteiger partial charge is 0.242 e. The van der Waals surface area contributed by atoms with Crippen LogP contribution >= 0.6 is 0 Å². The van der Waals surface area contributed by atoms with Gasteiger partial charge in [-0.3, -0.25) is 9.59 Å². The van der Waals surface area contributed by atoms with Gasteiger partial charge in [0.25, 0.3) is 0 Å². The third kappa shape index (κ3) is 5.21. The average molecular weight is 430 g/mol. The number of carbonyl (C=O) groups excluding carboxylic acids is 2. The first-order valence-corrected chi connectivity index (χ1v) is 11.6. The Hall–Kier alpha value is -2.12. The Morgan fingerprint density at radius 2 is 1.97 bits per heavy atom. The molecule has 1 unspecified atom stereocenters. The van der Waals surface area contributed by atoms with E-state index in [0.717, 1.165) is 57.0 Å². The van der Waals surface area contributed by atoms with E-state index < -0.39 is 6.04 Å². The molecule has 2 amide bonds. The predicted molar refractivity (Wildman–Crippen MR) is 118 cm³/mol. The normalized spacial score (nSPS) is 23.8. The predicted octanol–water partition coefficient (Wildman–Crippen LogP) is 2.19. The van der Waals surface area contributed by atoms with Crippen LogP contribution in [0.4, 0.5) is 0 Å². The van der Waals surface area contributed by atoms with Gasteiger partial charge < -0.3 is 24.6 Å². The number of nitrogens with zero attached hydrogens (tertiary/aromatic N) is 2. The van der Waals surface area contributed by atoms with Crippen LogP contribution in [0, 0.1) is 5.41 Å². The number of hydrogen-bond donors (Lipinski definition) is 1. The molecule has 3 heterocycles. The van der Waals surface area contributed by atoms with Crippen molar-refractivity contribution in [2.24, 2.45) is 5.41 Å². The van der Waals surface area contributed by atoms with Crippen LogP contribution < -0.4 is 10.1 Å². The fourth-order valence-corrected chi connectivity index (χ4v) is 5.22. The SMILES string of the molecule is COc1ccccc1CN1C(=O)CCC1C(=O)NCC1(CN2CCCC2)CCOCC1. The minimum atomic E-state index is -0.416. The van der Waals surface area contributed by atoms with E-state index in [9.17, 15) is 9.59 Å². The van der Waals surface area contributed by atoms with Crippen molar-refractivity contribution in [3.63, 3.8) is 0 Å². The molecule has 7 heteroatoms. The first-order valence-electron chi connectivity index (χ1n) is 11.6. The number of nitrogens with one attached hydrogen (secondary N) is 1. The molecule has 0 bridgehead atoms. The molecule has 0 aromatic heterocycles. The molecule has 0 radical (unpaired) electrons. The lowest BCUT2D eigenvalue weighted by Gasteiger charge is -2.40. The fourth-order valence-electron chi connectivity index (χ4n) is 5.22. The van der Waals surface area contributed by atoms with Gasteiger partial charge in [0.2, 0.25) is 11.8 Å². The van der Waals surface area contributed by atoms with Gasteiger partial charge in [-0.2, -0.15) is 0 Å². The Morgan fingerprint density at radius 3 is 2.71 bits per heavy atom. The van der Waals surface area contributed by atoms with Crippen molar-refractivity contribution in [2.45, 2.75) is 51.1 Å². The fraction of sp³-hybridized carbons (Fsp3) is 0.667. The molecule has 1 aromatic rings. The third-order valence-corrected chi connectivity index (χ3v) is 7.11. The van der Waals surface area contributed by atoms with Crippen molar-refractivity contribution < 1.29 is 19.1 Å². The first-order chi connectivity index (χ1) is 15.1. The molecule has 3 fully saturated rings. The Bertz CT molecular complexity index is 772. The van der Waals surface area contributed by atoms with Gasteiger partial charge in [0.05, 0.1) is 13.7 Å². The number of amides is 2. The maximum atomic E-state index is 13.2. The highest BCUT2D eigenvalue weighted by atomic mass is 16.5. The Kier molecular flexibility index (Phi) is 7.13. The van der Waals surface area contributed by atoms with Crippen LogP contribution in [0.2, 0.25) is 0 Å². The number of methoxy groups -OCH3 is 1. The van der Waals surface area contributed by atoms with Crippen LogP contribution in [0.5, 0.6) is 5.75 Å². The van der Waals surface area contributed by atoms with Gasteiger partial charge in [0.15, 0.2) is 0 Å². The molecule has 1 aromatic carbocycles. The van der Waals surface area contributed by atoms with Crippen LogP contribution in [0.3, 0.4) is 0 Å². The topological polar surface area (TPSA) is 71.1 Å². The molecule has 7 nitrogen and oxygen atoms in total. The molecular formula is C24H35N3O4. The van der Waals surface area contributed by atoms with Gasteiger partial charge in [-0.25, -0.2) is 0 Å². The molecule has 3 saturated heterocycles.